The Labute approximate surface area is 218 Å². The van der Waals surface area contributed by atoms with Crippen LogP contribution in [0.5, 0.6) is 5.75 Å². The molecule has 2 saturated heterocycles. The molecule has 0 saturated carbocycles. The Hall–Kier alpha value is -3.60. The topological polar surface area (TPSA) is 86.2 Å². The van der Waals surface area contributed by atoms with Gasteiger partial charge >= 0.3 is 0 Å². The van der Waals surface area contributed by atoms with Gasteiger partial charge in [0.2, 0.25) is 5.91 Å². The molecule has 4 heterocycles. The first-order valence-corrected chi connectivity index (χ1v) is 12.4. The van der Waals surface area contributed by atoms with E-state index in [4.69, 9.17) is 4.74 Å². The number of carbonyl (C=O) groups excluding carboxylic acids is 2. The molecule has 8 nitrogen and oxygen atoms in total. The van der Waals surface area contributed by atoms with Crippen molar-refractivity contribution in [1.29, 1.82) is 0 Å². The van der Waals surface area contributed by atoms with Crippen LogP contribution in [-0.4, -0.2) is 82.2 Å². The summed E-state index contributed by atoms with van der Waals surface area (Å²) in [5.41, 5.74) is -1.65. The summed E-state index contributed by atoms with van der Waals surface area (Å²) in [6.45, 7) is 7.86. The van der Waals surface area contributed by atoms with Gasteiger partial charge < -0.3 is 24.5 Å². The van der Waals surface area contributed by atoms with Gasteiger partial charge in [-0.2, -0.15) is 0 Å². The van der Waals surface area contributed by atoms with Gasteiger partial charge in [-0.3, -0.25) is 9.59 Å². The number of pyridine rings is 1. The van der Waals surface area contributed by atoms with Crippen LogP contribution in [0.25, 0.3) is 11.3 Å². The van der Waals surface area contributed by atoms with E-state index in [-0.39, 0.29) is 67.1 Å². The molecule has 2 atom stereocenters. The first kappa shape index (κ1) is 26.0. The number of nitrogens with zero attached hydrogens (tertiary/aromatic N) is 4. The summed E-state index contributed by atoms with van der Waals surface area (Å²) in [4.78, 5) is 35.5. The highest BCUT2D eigenvalue weighted by Gasteiger charge is 2.45. The molecule has 11 heteroatoms. The maximum atomic E-state index is 16.2. The van der Waals surface area contributed by atoms with Crippen LogP contribution < -0.4 is 9.64 Å². The van der Waals surface area contributed by atoms with Gasteiger partial charge in [0.05, 0.1) is 12.1 Å². The fourth-order valence-electron chi connectivity index (χ4n) is 5.63. The molecule has 0 aliphatic carbocycles. The zero-order valence-electron chi connectivity index (χ0n) is 21.2. The Kier molecular flexibility index (Phi) is 6.58. The molecule has 2 unspecified atom stereocenters. The molecule has 1 aromatic carbocycles. The Balaban J connectivity index is 1.69. The number of hydrogen-bond donors (Lipinski definition) is 1. The van der Waals surface area contributed by atoms with Gasteiger partial charge in [-0.05, 0) is 26.3 Å². The maximum Gasteiger partial charge on any atom is 0.264 e. The van der Waals surface area contributed by atoms with Crippen LogP contribution in [0.4, 0.5) is 19.0 Å². The predicted molar refractivity (Wildman–Crippen MR) is 134 cm³/mol. The summed E-state index contributed by atoms with van der Waals surface area (Å²) in [7, 11) is 0. The van der Waals surface area contributed by atoms with Crippen molar-refractivity contribution in [2.75, 3.05) is 37.7 Å². The normalized spacial score (nSPS) is 22.6. The molecule has 2 fully saturated rings. The van der Waals surface area contributed by atoms with Crippen LogP contribution in [0, 0.1) is 5.82 Å². The number of fused-ring (bicyclic) bond motifs is 2. The molecule has 1 aromatic heterocycles. The Bertz CT molecular complexity index is 1300. The Morgan fingerprint density at radius 2 is 2.00 bits per heavy atom. The van der Waals surface area contributed by atoms with E-state index in [0.29, 0.717) is 6.42 Å². The van der Waals surface area contributed by atoms with Gasteiger partial charge in [0.25, 0.3) is 12.3 Å². The van der Waals surface area contributed by atoms with Crippen LogP contribution in [0.15, 0.2) is 36.9 Å². The van der Waals surface area contributed by atoms with E-state index < -0.39 is 41.4 Å². The van der Waals surface area contributed by atoms with Crippen molar-refractivity contribution in [2.45, 2.75) is 44.4 Å². The van der Waals surface area contributed by atoms with E-state index in [1.54, 1.807) is 9.80 Å². The number of aromatic nitrogens is 1. The van der Waals surface area contributed by atoms with Crippen molar-refractivity contribution in [3.05, 3.63) is 53.9 Å². The van der Waals surface area contributed by atoms with Crippen LogP contribution in [0.1, 0.15) is 42.6 Å². The first-order chi connectivity index (χ1) is 18.0. The molecular formula is C27H29F3N4O4. The minimum Gasteiger partial charge on any atom is -0.487 e. The molecular weight excluding hydrogens is 501 g/mol. The van der Waals surface area contributed by atoms with Gasteiger partial charge in [0, 0.05) is 42.8 Å². The fraction of sp³-hybridized carbons (Fsp3) is 0.444. The summed E-state index contributed by atoms with van der Waals surface area (Å²) >= 11 is 0. The largest absolute Gasteiger partial charge is 0.487 e. The van der Waals surface area contributed by atoms with Crippen LogP contribution in [-0.2, 0) is 4.79 Å². The average molecular weight is 531 g/mol. The van der Waals surface area contributed by atoms with E-state index >= 15 is 4.39 Å². The van der Waals surface area contributed by atoms with Crippen molar-refractivity contribution >= 4 is 17.6 Å². The molecule has 0 bridgehead atoms. The van der Waals surface area contributed by atoms with E-state index in [2.05, 4.69) is 11.6 Å². The van der Waals surface area contributed by atoms with Gasteiger partial charge in [0.15, 0.2) is 11.6 Å². The van der Waals surface area contributed by atoms with E-state index in [9.17, 15) is 23.5 Å². The average Bonchev–Trinajstić information content (AvgIpc) is 3.08. The molecule has 5 rings (SSSR count). The first-order valence-electron chi connectivity index (χ1n) is 12.4. The number of benzene rings is 1. The van der Waals surface area contributed by atoms with Crippen LogP contribution in [0.3, 0.4) is 0 Å². The second-order valence-corrected chi connectivity index (χ2v) is 10.4. The molecule has 3 aliphatic rings. The third kappa shape index (κ3) is 4.28. The summed E-state index contributed by atoms with van der Waals surface area (Å²) in [6, 6.07) is 4.94. The summed E-state index contributed by atoms with van der Waals surface area (Å²) < 4.78 is 49.9. The van der Waals surface area contributed by atoms with E-state index in [0.717, 1.165) is 0 Å². The van der Waals surface area contributed by atoms with Crippen LogP contribution in [0.2, 0.25) is 0 Å². The zero-order chi connectivity index (χ0) is 27.4. The molecule has 2 aromatic rings. The highest BCUT2D eigenvalue weighted by molar-refractivity contribution is 6.03. The van der Waals surface area contributed by atoms with Gasteiger partial charge in [0.1, 0.15) is 23.7 Å². The SMILES string of the molecule is C=CC(=O)N1CCN2C(=O)c3c(N4CC(O)CC4(C)C)nc(-c4ccccc4C(F)F)c(F)c3OCC2C1. The standard InChI is InChI=1S/C27H29F3N4O4/c1-4-19(36)32-9-10-33-15(12-32)14-38-23-20(26(33)37)25(34-13-16(35)11-27(34,2)3)31-22(21(23)28)17-7-5-6-8-18(17)24(29)30/h4-8,15-16,24,35H,1,9-14H2,2-3H3. The van der Waals surface area contributed by atoms with Gasteiger partial charge in [-0.25, -0.2) is 18.2 Å². The molecule has 3 aliphatic heterocycles. The van der Waals surface area contributed by atoms with Crippen molar-refractivity contribution in [1.82, 2.24) is 14.8 Å². The molecule has 2 amide bonds. The smallest absolute Gasteiger partial charge is 0.264 e. The lowest BCUT2D eigenvalue weighted by molar-refractivity contribution is -0.128. The lowest BCUT2D eigenvalue weighted by atomic mass is 9.99. The number of ether oxygens (including phenoxy) is 1. The molecule has 1 N–H and O–H groups in total. The number of β-amino-alcohol motifs (C(OH)–C–C–N with tert-alkyl or cyclic N) is 1. The van der Waals surface area contributed by atoms with Crippen molar-refractivity contribution in [3.63, 3.8) is 0 Å². The highest BCUT2D eigenvalue weighted by Crippen LogP contribution is 2.44. The number of hydrogen-bond acceptors (Lipinski definition) is 6. The van der Waals surface area contributed by atoms with Crippen molar-refractivity contribution < 1.29 is 32.6 Å². The predicted octanol–water partition coefficient (Wildman–Crippen LogP) is 3.41. The van der Waals surface area contributed by atoms with Gasteiger partial charge in [-0.15, -0.1) is 0 Å². The second-order valence-electron chi connectivity index (χ2n) is 10.4. The fourth-order valence-corrected chi connectivity index (χ4v) is 5.63. The molecule has 0 radical (unpaired) electrons. The lowest BCUT2D eigenvalue weighted by Gasteiger charge is -2.40. The number of halogens is 3. The lowest BCUT2D eigenvalue weighted by Crippen LogP contribution is -2.57. The number of aliphatic hydroxyl groups excluding tert-OH is 1. The second kappa shape index (κ2) is 9.61. The number of amides is 2. The third-order valence-electron chi connectivity index (χ3n) is 7.51. The minimum atomic E-state index is -2.88. The number of aliphatic hydroxyl groups is 1. The quantitative estimate of drug-likeness (QED) is 0.610. The van der Waals surface area contributed by atoms with Crippen molar-refractivity contribution in [3.8, 4) is 17.0 Å². The summed E-state index contributed by atoms with van der Waals surface area (Å²) in [5.74, 6) is -2.13. The number of rotatable bonds is 4. The number of anilines is 1. The third-order valence-corrected chi connectivity index (χ3v) is 7.51. The number of piperazine rings is 1. The minimum absolute atomic E-state index is 0.0669. The Morgan fingerprint density at radius 3 is 2.66 bits per heavy atom. The zero-order valence-corrected chi connectivity index (χ0v) is 21.2. The highest BCUT2D eigenvalue weighted by atomic mass is 19.3. The molecule has 38 heavy (non-hydrogen) atoms. The molecule has 0 spiro atoms. The monoisotopic (exact) mass is 530 g/mol. The van der Waals surface area contributed by atoms with E-state index in [1.165, 1.54) is 35.2 Å². The van der Waals surface area contributed by atoms with Gasteiger partial charge in [-0.1, -0.05) is 30.8 Å². The molecule has 202 valence electrons. The van der Waals surface area contributed by atoms with E-state index in [1.807, 2.05) is 13.8 Å². The number of carbonyl (C=O) groups is 2. The van der Waals surface area contributed by atoms with Crippen molar-refractivity contribution in [2.24, 2.45) is 0 Å². The summed E-state index contributed by atoms with van der Waals surface area (Å²) in [5, 5.41) is 10.5. The maximum absolute atomic E-state index is 16.2. The number of alkyl halides is 2. The Morgan fingerprint density at radius 1 is 1.26 bits per heavy atom. The summed E-state index contributed by atoms with van der Waals surface area (Å²) in [6.07, 6.45) is -2.06. The van der Waals surface area contributed by atoms with Crippen LogP contribution >= 0.6 is 0 Å².